The molecule has 2 aromatic heterocycles. The second-order valence-corrected chi connectivity index (χ2v) is 17.8. The second kappa shape index (κ2) is 17.2. The molecule has 0 bridgehead atoms. The lowest BCUT2D eigenvalue weighted by Gasteiger charge is -2.26. The average molecular weight is 897 g/mol. The molecule has 6 heteroatoms. The molecule has 0 unspecified atom stereocenters. The van der Waals surface area contributed by atoms with Crippen LogP contribution in [0.15, 0.2) is 231 Å². The van der Waals surface area contributed by atoms with Gasteiger partial charge in [-0.1, -0.05) is 102 Å². The van der Waals surface area contributed by atoms with Gasteiger partial charge in [0.25, 0.3) is 0 Å². The second-order valence-electron chi connectivity index (χ2n) is 17.8. The molecule has 70 heavy (non-hydrogen) atoms. The van der Waals surface area contributed by atoms with Gasteiger partial charge in [-0.2, -0.15) is 5.26 Å². The zero-order valence-corrected chi connectivity index (χ0v) is 38.6. The Labute approximate surface area is 406 Å². The van der Waals surface area contributed by atoms with E-state index in [2.05, 4.69) is 226 Å². The minimum Gasteiger partial charge on any atom is -0.310 e. The summed E-state index contributed by atoms with van der Waals surface area (Å²) in [6.45, 7) is 12.7. The maximum Gasteiger partial charge on any atom is 0.195 e. The Kier molecular flexibility index (Phi) is 10.3. The van der Waals surface area contributed by atoms with E-state index in [0.717, 1.165) is 78.3 Å². The molecule has 0 aliphatic rings. The summed E-state index contributed by atoms with van der Waals surface area (Å²) in [7, 11) is 0. The van der Waals surface area contributed by atoms with E-state index in [1.807, 2.05) is 48.5 Å². The standard InChI is InChI=1S/C64H44N6/c1-43-24-32-61-56(36-43)57-37-44(2)25-33-62(57)69(61)52-27-26-45(42-65)54(38-52)55-39-53(28-31-60(55)66-3)70-63-34-29-50(67(46-16-8-4-9-17-46)47-18-10-5-11-19-47)40-58(63)59-41-51(30-35-64(59)70)68(48-20-12-6-13-21-48)49-22-14-7-15-23-49/h4-41H,1-2H3. The van der Waals surface area contributed by atoms with E-state index < -0.39 is 0 Å². The van der Waals surface area contributed by atoms with Gasteiger partial charge in [0.05, 0.1) is 40.3 Å². The van der Waals surface area contributed by atoms with Crippen LogP contribution in [0.4, 0.5) is 39.8 Å². The highest BCUT2D eigenvalue weighted by molar-refractivity contribution is 6.13. The fourth-order valence-electron chi connectivity index (χ4n) is 10.3. The number of hydrogen-bond acceptors (Lipinski definition) is 3. The van der Waals surface area contributed by atoms with Crippen molar-refractivity contribution in [2.75, 3.05) is 9.80 Å². The zero-order chi connectivity index (χ0) is 47.3. The summed E-state index contributed by atoms with van der Waals surface area (Å²) in [4.78, 5) is 8.67. The molecule has 0 N–H and O–H groups in total. The topological polar surface area (TPSA) is 44.5 Å². The van der Waals surface area contributed by atoms with Crippen molar-refractivity contribution in [1.29, 1.82) is 5.26 Å². The van der Waals surface area contributed by atoms with E-state index >= 15 is 0 Å². The number of rotatable bonds is 9. The van der Waals surface area contributed by atoms with Gasteiger partial charge in [0.15, 0.2) is 5.69 Å². The third kappa shape index (κ3) is 7.11. The largest absolute Gasteiger partial charge is 0.310 e. The molecular formula is C64H44N6. The number of nitrogens with zero attached hydrogens (tertiary/aromatic N) is 6. The van der Waals surface area contributed by atoms with Crippen molar-refractivity contribution >= 4 is 83.4 Å². The van der Waals surface area contributed by atoms with Crippen LogP contribution in [-0.2, 0) is 0 Å². The summed E-state index contributed by atoms with van der Waals surface area (Å²) in [5.41, 5.74) is 17.0. The molecule has 0 saturated carbocycles. The average Bonchev–Trinajstić information content (AvgIpc) is 3.90. The quantitative estimate of drug-likeness (QED) is 0.136. The monoisotopic (exact) mass is 896 g/mol. The van der Waals surface area contributed by atoms with E-state index in [1.54, 1.807) is 0 Å². The van der Waals surface area contributed by atoms with Gasteiger partial charge in [0.1, 0.15) is 0 Å². The van der Waals surface area contributed by atoms with Crippen LogP contribution in [0, 0.1) is 31.8 Å². The molecule has 12 rings (SSSR count). The van der Waals surface area contributed by atoms with Crippen molar-refractivity contribution < 1.29 is 0 Å². The highest BCUT2D eigenvalue weighted by Crippen LogP contribution is 2.45. The molecule has 2 heterocycles. The number of nitriles is 1. The van der Waals surface area contributed by atoms with Crippen LogP contribution in [0.1, 0.15) is 16.7 Å². The van der Waals surface area contributed by atoms with Crippen molar-refractivity contribution in [3.63, 3.8) is 0 Å². The van der Waals surface area contributed by atoms with Gasteiger partial charge in [-0.05, 0) is 165 Å². The lowest BCUT2D eigenvalue weighted by atomic mass is 9.97. The predicted octanol–water partition coefficient (Wildman–Crippen LogP) is 17.5. The Balaban J connectivity index is 1.09. The van der Waals surface area contributed by atoms with Crippen molar-refractivity contribution in [2.45, 2.75) is 13.8 Å². The molecule has 0 aliphatic heterocycles. The third-order valence-electron chi connectivity index (χ3n) is 13.4. The maximum absolute atomic E-state index is 10.7. The minimum atomic E-state index is 0.471. The van der Waals surface area contributed by atoms with Crippen molar-refractivity contribution in [2.24, 2.45) is 0 Å². The first-order chi connectivity index (χ1) is 34.4. The van der Waals surface area contributed by atoms with E-state index in [1.165, 1.54) is 21.9 Å². The normalized spacial score (nSPS) is 11.3. The number of aryl methyl sites for hydroxylation is 2. The highest BCUT2D eigenvalue weighted by Gasteiger charge is 2.22. The fourth-order valence-corrected chi connectivity index (χ4v) is 10.3. The van der Waals surface area contributed by atoms with Crippen molar-refractivity contribution in [3.8, 4) is 28.6 Å². The first kappa shape index (κ1) is 41.8. The van der Waals surface area contributed by atoms with E-state index in [-0.39, 0.29) is 0 Å². The van der Waals surface area contributed by atoms with Crippen molar-refractivity contribution in [1.82, 2.24) is 9.13 Å². The Morgan fingerprint density at radius 1 is 0.386 bits per heavy atom. The Bertz CT molecular complexity index is 3770. The SMILES string of the molecule is [C-]#[N+]c1ccc(-n2c3ccc(N(c4ccccc4)c4ccccc4)cc3c3cc(N(c4ccccc4)c4ccccc4)ccc32)cc1-c1cc(-n2c3ccc(C)cc3c3cc(C)ccc32)ccc1C#N. The zero-order valence-electron chi connectivity index (χ0n) is 38.6. The third-order valence-corrected chi connectivity index (χ3v) is 13.4. The Morgan fingerprint density at radius 2 is 0.757 bits per heavy atom. The molecule has 6 nitrogen and oxygen atoms in total. The van der Waals surface area contributed by atoms with Crippen LogP contribution < -0.4 is 9.80 Å². The highest BCUT2D eigenvalue weighted by atomic mass is 15.1. The number of benzene rings is 10. The summed E-state index contributed by atoms with van der Waals surface area (Å²) in [6.07, 6.45) is 0. The van der Waals surface area contributed by atoms with E-state index in [0.29, 0.717) is 22.4 Å². The van der Waals surface area contributed by atoms with Gasteiger partial charge in [0.2, 0.25) is 0 Å². The number of aromatic nitrogens is 2. The molecule has 0 fully saturated rings. The number of fused-ring (bicyclic) bond motifs is 6. The number of hydrogen-bond donors (Lipinski definition) is 0. The van der Waals surface area contributed by atoms with Gasteiger partial charge in [-0.15, -0.1) is 0 Å². The summed E-state index contributed by atoms with van der Waals surface area (Å²) in [5, 5.41) is 15.2. The van der Waals surface area contributed by atoms with Gasteiger partial charge < -0.3 is 18.9 Å². The molecule has 0 saturated heterocycles. The molecule has 0 aliphatic carbocycles. The maximum atomic E-state index is 10.7. The predicted molar refractivity (Wildman–Crippen MR) is 290 cm³/mol. The number of para-hydroxylation sites is 4. The Hall–Kier alpha value is -9.62. The molecule has 10 aromatic carbocycles. The number of anilines is 6. The fraction of sp³-hybridized carbons (Fsp3) is 0.0312. The molecular weight excluding hydrogens is 853 g/mol. The molecule has 0 spiro atoms. The van der Waals surface area contributed by atoms with Crippen molar-refractivity contribution in [3.05, 3.63) is 259 Å². The molecule has 12 aromatic rings. The van der Waals surface area contributed by atoms with Crippen LogP contribution in [0.2, 0.25) is 0 Å². The van der Waals surface area contributed by atoms with Gasteiger partial charge in [-0.25, -0.2) is 4.85 Å². The summed E-state index contributed by atoms with van der Waals surface area (Å²) in [5.74, 6) is 0. The molecule has 0 atom stereocenters. The van der Waals surface area contributed by atoms with Gasteiger partial charge in [0, 0.05) is 67.0 Å². The Morgan fingerprint density at radius 3 is 1.16 bits per heavy atom. The first-order valence-corrected chi connectivity index (χ1v) is 23.4. The summed E-state index contributed by atoms with van der Waals surface area (Å²) < 4.78 is 4.58. The molecule has 0 radical (unpaired) electrons. The van der Waals surface area contributed by atoms with Crippen LogP contribution in [0.25, 0.3) is 71.0 Å². The minimum absolute atomic E-state index is 0.471. The molecule has 330 valence electrons. The van der Waals surface area contributed by atoms with Gasteiger partial charge >= 0.3 is 0 Å². The molecule has 0 amide bonds. The summed E-state index contributed by atoms with van der Waals surface area (Å²) in [6, 6.07) is 83.0. The van der Waals surface area contributed by atoms with Crippen LogP contribution in [0.3, 0.4) is 0 Å². The lowest BCUT2D eigenvalue weighted by molar-refractivity contribution is 1.17. The smallest absolute Gasteiger partial charge is 0.195 e. The van der Waals surface area contributed by atoms with E-state index in [9.17, 15) is 5.26 Å². The van der Waals surface area contributed by atoms with Crippen LogP contribution in [-0.4, -0.2) is 9.13 Å². The lowest BCUT2D eigenvalue weighted by Crippen LogP contribution is -2.09. The van der Waals surface area contributed by atoms with Gasteiger partial charge in [-0.3, -0.25) is 0 Å². The summed E-state index contributed by atoms with van der Waals surface area (Å²) >= 11 is 0. The van der Waals surface area contributed by atoms with E-state index in [4.69, 9.17) is 6.57 Å². The first-order valence-electron chi connectivity index (χ1n) is 23.4. The van der Waals surface area contributed by atoms with Crippen LogP contribution >= 0.6 is 0 Å². The van der Waals surface area contributed by atoms with Crippen LogP contribution in [0.5, 0.6) is 0 Å².